The lowest BCUT2D eigenvalue weighted by atomic mass is 9.77. The van der Waals surface area contributed by atoms with Crippen LogP contribution in [0.15, 0.2) is 0 Å². The van der Waals surface area contributed by atoms with Gasteiger partial charge in [0.25, 0.3) is 0 Å². The van der Waals surface area contributed by atoms with Gasteiger partial charge in [0.05, 0.1) is 0 Å². The topological polar surface area (TPSA) is 49.4 Å². The van der Waals surface area contributed by atoms with Gasteiger partial charge in [-0.2, -0.15) is 0 Å². The van der Waals surface area contributed by atoms with Crippen LogP contribution in [0.1, 0.15) is 39.0 Å². The van der Waals surface area contributed by atoms with Gasteiger partial charge in [-0.15, -0.1) is 0 Å². The summed E-state index contributed by atoms with van der Waals surface area (Å²) in [7, 11) is 4.05. The maximum Gasteiger partial charge on any atom is 0.223 e. The van der Waals surface area contributed by atoms with Crippen LogP contribution in [0.2, 0.25) is 0 Å². The van der Waals surface area contributed by atoms with Crippen molar-refractivity contribution in [2.75, 3.05) is 27.2 Å². The molecule has 0 aliphatic heterocycles. The molecular formula is C14H26N2O2. The van der Waals surface area contributed by atoms with E-state index in [2.05, 4.69) is 10.2 Å². The molecule has 1 aliphatic rings. The van der Waals surface area contributed by atoms with Crippen molar-refractivity contribution in [3.8, 4) is 0 Å². The van der Waals surface area contributed by atoms with Crippen LogP contribution in [0.3, 0.4) is 0 Å². The quantitative estimate of drug-likeness (QED) is 0.730. The summed E-state index contributed by atoms with van der Waals surface area (Å²) in [5, 5.41) is 2.97. The van der Waals surface area contributed by atoms with E-state index >= 15 is 0 Å². The van der Waals surface area contributed by atoms with E-state index in [4.69, 9.17) is 0 Å². The molecule has 0 radical (unpaired) electrons. The summed E-state index contributed by atoms with van der Waals surface area (Å²) < 4.78 is 0. The fourth-order valence-corrected chi connectivity index (χ4v) is 2.67. The van der Waals surface area contributed by atoms with E-state index in [-0.39, 0.29) is 23.5 Å². The summed E-state index contributed by atoms with van der Waals surface area (Å²) in [5.41, 5.74) is 0. The van der Waals surface area contributed by atoms with Gasteiger partial charge >= 0.3 is 0 Å². The van der Waals surface area contributed by atoms with Crippen molar-refractivity contribution < 1.29 is 9.59 Å². The Morgan fingerprint density at radius 1 is 1.17 bits per heavy atom. The van der Waals surface area contributed by atoms with Gasteiger partial charge in [0.2, 0.25) is 5.91 Å². The van der Waals surface area contributed by atoms with Crippen LogP contribution < -0.4 is 5.32 Å². The lowest BCUT2D eigenvalue weighted by Crippen LogP contribution is -2.40. The van der Waals surface area contributed by atoms with Crippen LogP contribution in [0.4, 0.5) is 0 Å². The average Bonchev–Trinajstić information content (AvgIpc) is 2.34. The van der Waals surface area contributed by atoms with E-state index in [0.717, 1.165) is 38.6 Å². The number of hydrogen-bond donors (Lipinski definition) is 1. The molecule has 0 heterocycles. The van der Waals surface area contributed by atoms with Crippen molar-refractivity contribution in [1.29, 1.82) is 0 Å². The van der Waals surface area contributed by atoms with Crippen LogP contribution in [-0.4, -0.2) is 43.8 Å². The fourth-order valence-electron chi connectivity index (χ4n) is 2.67. The molecule has 0 bridgehead atoms. The molecule has 0 unspecified atom stereocenters. The van der Waals surface area contributed by atoms with Crippen molar-refractivity contribution in [3.05, 3.63) is 0 Å². The number of amides is 1. The third-order valence-electron chi connectivity index (χ3n) is 3.71. The van der Waals surface area contributed by atoms with E-state index in [1.165, 1.54) is 0 Å². The summed E-state index contributed by atoms with van der Waals surface area (Å²) in [6.07, 6.45) is 4.85. The van der Waals surface area contributed by atoms with Crippen LogP contribution in [0, 0.1) is 11.8 Å². The molecule has 1 fully saturated rings. The average molecular weight is 254 g/mol. The van der Waals surface area contributed by atoms with Crippen molar-refractivity contribution >= 4 is 11.7 Å². The van der Waals surface area contributed by atoms with E-state index in [1.807, 2.05) is 14.1 Å². The van der Waals surface area contributed by atoms with Gasteiger partial charge in [0.15, 0.2) is 0 Å². The number of nitrogens with zero attached hydrogens (tertiary/aromatic N) is 1. The van der Waals surface area contributed by atoms with Crippen LogP contribution in [0.25, 0.3) is 0 Å². The molecule has 104 valence electrons. The number of ketones is 1. The first-order chi connectivity index (χ1) is 8.52. The number of carbonyl (C=O) groups is 2. The molecule has 0 aromatic heterocycles. The molecule has 1 aliphatic carbocycles. The minimum Gasteiger partial charge on any atom is -0.356 e. The first kappa shape index (κ1) is 15.2. The molecule has 1 rings (SSSR count). The zero-order valence-electron chi connectivity index (χ0n) is 11.9. The molecular weight excluding hydrogens is 228 g/mol. The molecule has 1 saturated carbocycles. The standard InChI is InChI=1S/C14H26N2O2/c1-11(17)12-7-4-5-8-13(12)14(18)15-9-6-10-16(2)3/h12-13H,4-10H2,1-3H3,(H,15,18)/t12-,13-/m0/s1. The Balaban J connectivity index is 2.36. The summed E-state index contributed by atoms with van der Waals surface area (Å²) in [6, 6.07) is 0. The Bertz CT molecular complexity index is 290. The summed E-state index contributed by atoms with van der Waals surface area (Å²) in [5.74, 6) is 0.111. The number of hydrogen-bond acceptors (Lipinski definition) is 3. The van der Waals surface area contributed by atoms with Gasteiger partial charge in [-0.1, -0.05) is 12.8 Å². The van der Waals surface area contributed by atoms with Gasteiger partial charge in [0, 0.05) is 18.4 Å². The summed E-state index contributed by atoms with van der Waals surface area (Å²) >= 11 is 0. The van der Waals surface area contributed by atoms with Gasteiger partial charge < -0.3 is 10.2 Å². The molecule has 2 atom stereocenters. The van der Waals surface area contributed by atoms with E-state index in [0.29, 0.717) is 6.54 Å². The summed E-state index contributed by atoms with van der Waals surface area (Å²) in [6.45, 7) is 3.29. The molecule has 0 saturated heterocycles. The lowest BCUT2D eigenvalue weighted by Gasteiger charge is -2.28. The lowest BCUT2D eigenvalue weighted by molar-refractivity contribution is -0.134. The highest BCUT2D eigenvalue weighted by Crippen LogP contribution is 2.30. The molecule has 0 aromatic carbocycles. The van der Waals surface area contributed by atoms with Crippen LogP contribution in [-0.2, 0) is 9.59 Å². The van der Waals surface area contributed by atoms with Gasteiger partial charge in [-0.05, 0) is 46.8 Å². The first-order valence-corrected chi connectivity index (χ1v) is 6.95. The van der Waals surface area contributed by atoms with Gasteiger partial charge in [-0.25, -0.2) is 0 Å². The second-order valence-electron chi connectivity index (χ2n) is 5.56. The largest absolute Gasteiger partial charge is 0.356 e. The molecule has 1 N–H and O–H groups in total. The van der Waals surface area contributed by atoms with Crippen molar-refractivity contribution in [1.82, 2.24) is 10.2 Å². The second kappa shape index (κ2) is 7.52. The molecule has 1 amide bonds. The van der Waals surface area contributed by atoms with Gasteiger partial charge in [0.1, 0.15) is 5.78 Å². The SMILES string of the molecule is CC(=O)[C@@H]1CCCC[C@@H]1C(=O)NCCCN(C)C. The van der Waals surface area contributed by atoms with Crippen molar-refractivity contribution in [3.63, 3.8) is 0 Å². The highest BCUT2D eigenvalue weighted by atomic mass is 16.2. The molecule has 4 heteroatoms. The fraction of sp³-hybridized carbons (Fsp3) is 0.857. The Hall–Kier alpha value is -0.900. The highest BCUT2D eigenvalue weighted by Gasteiger charge is 2.33. The first-order valence-electron chi connectivity index (χ1n) is 6.95. The van der Waals surface area contributed by atoms with E-state index in [1.54, 1.807) is 6.92 Å². The zero-order valence-corrected chi connectivity index (χ0v) is 11.9. The van der Waals surface area contributed by atoms with Crippen molar-refractivity contribution in [2.45, 2.75) is 39.0 Å². The maximum atomic E-state index is 12.1. The molecule has 4 nitrogen and oxygen atoms in total. The highest BCUT2D eigenvalue weighted by molar-refractivity contribution is 5.87. The predicted octanol–water partition coefficient (Wildman–Crippen LogP) is 1.45. The van der Waals surface area contributed by atoms with Crippen LogP contribution >= 0.6 is 0 Å². The second-order valence-corrected chi connectivity index (χ2v) is 5.56. The Kier molecular flexibility index (Phi) is 6.33. The number of Topliss-reactive ketones (excluding diaryl/α,β-unsaturated/α-hetero) is 1. The number of nitrogens with one attached hydrogen (secondary N) is 1. The number of rotatable bonds is 6. The van der Waals surface area contributed by atoms with Gasteiger partial charge in [-0.3, -0.25) is 9.59 Å². The number of carbonyl (C=O) groups excluding carboxylic acids is 2. The molecule has 18 heavy (non-hydrogen) atoms. The predicted molar refractivity (Wildman–Crippen MR) is 72.3 cm³/mol. The van der Waals surface area contributed by atoms with E-state index in [9.17, 15) is 9.59 Å². The Morgan fingerprint density at radius 2 is 1.78 bits per heavy atom. The third kappa shape index (κ3) is 4.77. The Morgan fingerprint density at radius 3 is 2.33 bits per heavy atom. The van der Waals surface area contributed by atoms with E-state index < -0.39 is 0 Å². The summed E-state index contributed by atoms with van der Waals surface area (Å²) in [4.78, 5) is 25.7. The molecule has 0 aromatic rings. The smallest absolute Gasteiger partial charge is 0.223 e. The van der Waals surface area contributed by atoms with Crippen LogP contribution in [0.5, 0.6) is 0 Å². The normalized spacial score (nSPS) is 24.0. The Labute approximate surface area is 110 Å². The van der Waals surface area contributed by atoms with Crippen molar-refractivity contribution in [2.24, 2.45) is 11.8 Å². The zero-order chi connectivity index (χ0) is 13.5. The minimum atomic E-state index is -0.0874. The monoisotopic (exact) mass is 254 g/mol. The molecule has 0 spiro atoms. The third-order valence-corrected chi connectivity index (χ3v) is 3.71. The maximum absolute atomic E-state index is 12.1. The minimum absolute atomic E-state index is 0.0485.